The van der Waals surface area contributed by atoms with Crippen LogP contribution in [0.4, 0.5) is 15.9 Å². The highest BCUT2D eigenvalue weighted by atomic mass is 19.1. The molecular formula is C24H26FN7O. The van der Waals surface area contributed by atoms with E-state index < -0.39 is 0 Å². The van der Waals surface area contributed by atoms with Crippen LogP contribution < -0.4 is 20.7 Å². The topological polar surface area (TPSA) is 102 Å². The third-order valence-corrected chi connectivity index (χ3v) is 7.22. The number of ether oxygens (including phenoxy) is 1. The summed E-state index contributed by atoms with van der Waals surface area (Å²) in [7, 11) is 1.81. The number of nitrogens with zero attached hydrogens (tertiary/aromatic N) is 5. The van der Waals surface area contributed by atoms with Crippen molar-refractivity contribution in [3.63, 3.8) is 0 Å². The maximum atomic E-state index is 14.5. The van der Waals surface area contributed by atoms with E-state index in [1.165, 1.54) is 6.07 Å². The van der Waals surface area contributed by atoms with Crippen molar-refractivity contribution in [2.75, 3.05) is 30.4 Å². The van der Waals surface area contributed by atoms with Gasteiger partial charge in [-0.05, 0) is 54.9 Å². The molecule has 0 amide bonds. The molecule has 1 saturated heterocycles. The first-order valence-corrected chi connectivity index (χ1v) is 11.4. The third-order valence-electron chi connectivity index (χ3n) is 7.22. The number of benzene rings is 1. The van der Waals surface area contributed by atoms with Gasteiger partial charge in [0.15, 0.2) is 5.75 Å². The van der Waals surface area contributed by atoms with Crippen molar-refractivity contribution in [3.05, 3.63) is 47.4 Å². The van der Waals surface area contributed by atoms with Crippen LogP contribution in [0.5, 0.6) is 11.8 Å². The molecule has 2 aromatic heterocycles. The fraction of sp³-hybridized carbons (Fsp3) is 0.417. The quantitative estimate of drug-likeness (QED) is 0.491. The minimum absolute atomic E-state index is 0.218. The summed E-state index contributed by atoms with van der Waals surface area (Å²) in [5.74, 6) is 2.65. The van der Waals surface area contributed by atoms with Crippen molar-refractivity contribution in [3.8, 4) is 22.9 Å². The fourth-order valence-electron chi connectivity index (χ4n) is 5.61. The van der Waals surface area contributed by atoms with Crippen LogP contribution in [0.2, 0.25) is 0 Å². The van der Waals surface area contributed by atoms with Gasteiger partial charge in [0.25, 0.3) is 0 Å². The molecule has 0 bridgehead atoms. The maximum absolute atomic E-state index is 14.5. The summed E-state index contributed by atoms with van der Waals surface area (Å²) in [4.78, 5) is 20.2. The van der Waals surface area contributed by atoms with Gasteiger partial charge in [0, 0.05) is 43.9 Å². The van der Waals surface area contributed by atoms with E-state index in [1.807, 2.05) is 6.92 Å². The number of anilines is 2. The summed E-state index contributed by atoms with van der Waals surface area (Å²) in [5.41, 5.74) is 10.8. The standard InChI is InChI=1S/C24H26FN7O/c1-12-28-8-15(9-29-12)33-24-30-21-7-16-17(5-14(25)6-20(16)27-2)22(21)23(31-24)32-10-13-3-4-19(26)18(13)11-32/h5-6,8-9,13,18-19,27H,3-4,7,10-11,26H2,1-2H3/t13-,18+,19-/m1/s1. The zero-order valence-electron chi connectivity index (χ0n) is 18.7. The normalized spacial score (nSPS) is 22.8. The Morgan fingerprint density at radius 2 is 1.97 bits per heavy atom. The van der Waals surface area contributed by atoms with Crippen molar-refractivity contribution >= 4 is 11.5 Å². The Labute approximate surface area is 191 Å². The highest BCUT2D eigenvalue weighted by Gasteiger charge is 2.43. The van der Waals surface area contributed by atoms with Crippen LogP contribution in [0.1, 0.15) is 29.9 Å². The van der Waals surface area contributed by atoms with Gasteiger partial charge in [-0.25, -0.2) is 14.4 Å². The van der Waals surface area contributed by atoms with E-state index in [0.29, 0.717) is 29.8 Å². The molecule has 3 aliphatic rings. The Bertz CT molecular complexity index is 1230. The second kappa shape index (κ2) is 7.62. The number of hydrogen-bond acceptors (Lipinski definition) is 8. The van der Waals surface area contributed by atoms with Gasteiger partial charge < -0.3 is 20.7 Å². The minimum Gasteiger partial charge on any atom is -0.421 e. The number of fused-ring (bicyclic) bond motifs is 4. The number of rotatable bonds is 4. The lowest BCUT2D eigenvalue weighted by molar-refractivity contribution is 0.435. The molecule has 1 aromatic carbocycles. The second-order valence-electron chi connectivity index (χ2n) is 9.20. The van der Waals surface area contributed by atoms with E-state index in [0.717, 1.165) is 59.8 Å². The molecule has 3 heterocycles. The van der Waals surface area contributed by atoms with Crippen LogP contribution in [0.3, 0.4) is 0 Å². The summed E-state index contributed by atoms with van der Waals surface area (Å²) in [6, 6.07) is 3.58. The van der Waals surface area contributed by atoms with Crippen molar-refractivity contribution < 1.29 is 9.13 Å². The first kappa shape index (κ1) is 20.3. The summed E-state index contributed by atoms with van der Waals surface area (Å²) >= 11 is 0. The molecule has 1 saturated carbocycles. The molecule has 0 unspecified atom stereocenters. The largest absolute Gasteiger partial charge is 0.421 e. The highest BCUT2D eigenvalue weighted by molar-refractivity contribution is 5.88. The van der Waals surface area contributed by atoms with E-state index in [4.69, 9.17) is 20.4 Å². The summed E-state index contributed by atoms with van der Waals surface area (Å²) in [6.07, 6.45) is 6.01. The van der Waals surface area contributed by atoms with Crippen molar-refractivity contribution in [2.45, 2.75) is 32.2 Å². The number of aryl methyl sites for hydroxylation is 1. The lowest BCUT2D eigenvalue weighted by atomic mass is 9.98. The van der Waals surface area contributed by atoms with E-state index in [-0.39, 0.29) is 17.9 Å². The molecule has 9 heteroatoms. The second-order valence-corrected chi connectivity index (χ2v) is 9.20. The summed E-state index contributed by atoms with van der Waals surface area (Å²) in [6.45, 7) is 3.54. The van der Waals surface area contributed by atoms with E-state index in [9.17, 15) is 4.39 Å². The van der Waals surface area contributed by atoms with Gasteiger partial charge in [-0.1, -0.05) is 0 Å². The lowest BCUT2D eigenvalue weighted by Crippen LogP contribution is -2.30. The van der Waals surface area contributed by atoms with Crippen LogP contribution in [0, 0.1) is 24.6 Å². The molecule has 3 N–H and O–H groups in total. The molecule has 2 fully saturated rings. The Morgan fingerprint density at radius 3 is 2.73 bits per heavy atom. The zero-order chi connectivity index (χ0) is 22.7. The number of halogens is 1. The van der Waals surface area contributed by atoms with Crippen LogP contribution >= 0.6 is 0 Å². The third kappa shape index (κ3) is 3.38. The van der Waals surface area contributed by atoms with Crippen LogP contribution in [-0.4, -0.2) is 46.1 Å². The number of nitrogens with one attached hydrogen (secondary N) is 1. The van der Waals surface area contributed by atoms with Gasteiger partial charge in [0.2, 0.25) is 0 Å². The minimum atomic E-state index is -0.283. The van der Waals surface area contributed by atoms with E-state index >= 15 is 0 Å². The maximum Gasteiger partial charge on any atom is 0.324 e. The SMILES string of the molecule is CNc1cc(F)cc2c1Cc1nc(Oc3cnc(C)nc3)nc(N3C[C@H]4CC[C@@H](N)[C@H]4C3)c1-2. The molecule has 3 aromatic rings. The number of nitrogens with two attached hydrogens (primary N) is 1. The van der Waals surface area contributed by atoms with E-state index in [1.54, 1.807) is 25.5 Å². The molecule has 2 aliphatic carbocycles. The Kier molecular flexibility index (Phi) is 4.69. The lowest BCUT2D eigenvalue weighted by Gasteiger charge is -2.23. The molecule has 0 spiro atoms. The Balaban J connectivity index is 1.45. The Morgan fingerprint density at radius 1 is 1.15 bits per heavy atom. The average Bonchev–Trinajstić information content (AvgIpc) is 3.48. The van der Waals surface area contributed by atoms with E-state index in [2.05, 4.69) is 20.2 Å². The average molecular weight is 448 g/mol. The monoisotopic (exact) mass is 447 g/mol. The Hall–Kier alpha value is -3.33. The van der Waals surface area contributed by atoms with Crippen molar-refractivity contribution in [1.82, 2.24) is 19.9 Å². The predicted octanol–water partition coefficient (Wildman–Crippen LogP) is 3.29. The van der Waals surface area contributed by atoms with Crippen molar-refractivity contribution in [2.24, 2.45) is 17.6 Å². The number of hydrogen-bond donors (Lipinski definition) is 2. The molecule has 0 radical (unpaired) electrons. The number of aromatic nitrogens is 4. The summed E-state index contributed by atoms with van der Waals surface area (Å²) < 4.78 is 20.5. The van der Waals surface area contributed by atoms with Crippen molar-refractivity contribution in [1.29, 1.82) is 0 Å². The molecule has 170 valence electrons. The van der Waals surface area contributed by atoms with Crippen LogP contribution in [-0.2, 0) is 6.42 Å². The molecule has 8 nitrogen and oxygen atoms in total. The molecule has 6 rings (SSSR count). The van der Waals surface area contributed by atoms with Gasteiger partial charge in [-0.15, -0.1) is 0 Å². The van der Waals surface area contributed by atoms with Gasteiger partial charge in [0.05, 0.1) is 18.1 Å². The molecule has 1 aliphatic heterocycles. The summed E-state index contributed by atoms with van der Waals surface area (Å²) in [5, 5.41) is 3.12. The first-order valence-electron chi connectivity index (χ1n) is 11.4. The van der Waals surface area contributed by atoms with Gasteiger partial charge in [0.1, 0.15) is 17.5 Å². The highest BCUT2D eigenvalue weighted by Crippen LogP contribution is 2.48. The zero-order valence-corrected chi connectivity index (χ0v) is 18.7. The van der Waals surface area contributed by atoms with Gasteiger partial charge >= 0.3 is 6.01 Å². The molecule has 3 atom stereocenters. The molecular weight excluding hydrogens is 421 g/mol. The fourth-order valence-corrected chi connectivity index (χ4v) is 5.61. The van der Waals surface area contributed by atoms with Crippen LogP contribution in [0.25, 0.3) is 11.1 Å². The predicted molar refractivity (Wildman–Crippen MR) is 123 cm³/mol. The smallest absolute Gasteiger partial charge is 0.324 e. The van der Waals surface area contributed by atoms with Crippen LogP contribution in [0.15, 0.2) is 24.5 Å². The molecule has 33 heavy (non-hydrogen) atoms. The first-order chi connectivity index (χ1) is 16.0. The van der Waals surface area contributed by atoms with Gasteiger partial charge in [-0.2, -0.15) is 9.97 Å². The van der Waals surface area contributed by atoms with Gasteiger partial charge in [-0.3, -0.25) is 0 Å².